The van der Waals surface area contributed by atoms with Crippen LogP contribution in [0, 0.1) is 11.3 Å². The van der Waals surface area contributed by atoms with Crippen molar-refractivity contribution in [3.63, 3.8) is 0 Å². The highest BCUT2D eigenvalue weighted by Crippen LogP contribution is 2.27. The van der Waals surface area contributed by atoms with Crippen LogP contribution < -0.4 is 10.5 Å². The first-order valence-corrected chi connectivity index (χ1v) is 7.08. The van der Waals surface area contributed by atoms with Gasteiger partial charge >= 0.3 is 0 Å². The van der Waals surface area contributed by atoms with E-state index in [1.54, 1.807) is 6.92 Å². The van der Waals surface area contributed by atoms with Gasteiger partial charge in [-0.1, -0.05) is 0 Å². The predicted molar refractivity (Wildman–Crippen MR) is 78.4 cm³/mol. The van der Waals surface area contributed by atoms with Gasteiger partial charge in [-0.25, -0.2) is 8.42 Å². The summed E-state index contributed by atoms with van der Waals surface area (Å²) < 4.78 is 31.1. The van der Waals surface area contributed by atoms with Crippen LogP contribution in [-0.4, -0.2) is 39.5 Å². The molecule has 1 atom stereocenters. The van der Waals surface area contributed by atoms with Crippen LogP contribution in [0.4, 0.5) is 0 Å². The maximum absolute atomic E-state index is 12.4. The normalized spacial score (nSPS) is 12.4. The van der Waals surface area contributed by atoms with E-state index < -0.39 is 10.0 Å². The zero-order valence-electron chi connectivity index (χ0n) is 11.5. The molecule has 20 heavy (non-hydrogen) atoms. The SMILES string of the molecule is COc1cc(C#N)ccc1S(=O)(=O)N(C)C(C)CN.Cl. The minimum Gasteiger partial charge on any atom is -0.495 e. The van der Waals surface area contributed by atoms with Gasteiger partial charge < -0.3 is 10.5 Å². The molecule has 0 spiro atoms. The van der Waals surface area contributed by atoms with Gasteiger partial charge in [-0.05, 0) is 25.1 Å². The third kappa shape index (κ3) is 3.61. The van der Waals surface area contributed by atoms with E-state index in [1.807, 2.05) is 6.07 Å². The second kappa shape index (κ2) is 7.45. The number of methoxy groups -OCH3 is 1. The lowest BCUT2D eigenvalue weighted by Crippen LogP contribution is -2.39. The van der Waals surface area contributed by atoms with Gasteiger partial charge in [0.25, 0.3) is 0 Å². The molecular formula is C12H18ClN3O3S. The van der Waals surface area contributed by atoms with Crippen LogP contribution in [0.3, 0.4) is 0 Å². The van der Waals surface area contributed by atoms with E-state index in [-0.39, 0.29) is 35.6 Å². The first kappa shape index (κ1) is 18.7. The van der Waals surface area contributed by atoms with E-state index in [0.29, 0.717) is 5.56 Å². The molecule has 112 valence electrons. The third-order valence-electron chi connectivity index (χ3n) is 2.91. The molecule has 1 rings (SSSR count). The van der Waals surface area contributed by atoms with Crippen molar-refractivity contribution in [3.8, 4) is 11.8 Å². The fraction of sp³-hybridized carbons (Fsp3) is 0.417. The van der Waals surface area contributed by atoms with Gasteiger partial charge in [0.15, 0.2) is 0 Å². The zero-order chi connectivity index (χ0) is 14.6. The van der Waals surface area contributed by atoms with E-state index in [1.165, 1.54) is 36.7 Å². The number of ether oxygens (including phenoxy) is 1. The van der Waals surface area contributed by atoms with Gasteiger partial charge in [0.1, 0.15) is 10.6 Å². The number of nitrogens with zero attached hydrogens (tertiary/aromatic N) is 2. The Labute approximate surface area is 125 Å². The number of benzene rings is 1. The Morgan fingerprint density at radius 3 is 2.55 bits per heavy atom. The Bertz CT molecular complexity index is 598. The summed E-state index contributed by atoms with van der Waals surface area (Å²) >= 11 is 0. The van der Waals surface area contributed by atoms with E-state index in [2.05, 4.69) is 0 Å². The van der Waals surface area contributed by atoms with E-state index in [9.17, 15) is 8.42 Å². The quantitative estimate of drug-likeness (QED) is 0.871. The van der Waals surface area contributed by atoms with Crippen LogP contribution in [0.15, 0.2) is 23.1 Å². The molecule has 2 N–H and O–H groups in total. The highest BCUT2D eigenvalue weighted by atomic mass is 35.5. The van der Waals surface area contributed by atoms with Crippen molar-refractivity contribution < 1.29 is 13.2 Å². The van der Waals surface area contributed by atoms with Crippen molar-refractivity contribution in [1.82, 2.24) is 4.31 Å². The molecule has 0 aromatic heterocycles. The Balaban J connectivity index is 0.00000361. The Morgan fingerprint density at radius 1 is 1.50 bits per heavy atom. The summed E-state index contributed by atoms with van der Waals surface area (Å²) in [6.45, 7) is 1.93. The summed E-state index contributed by atoms with van der Waals surface area (Å²) in [5, 5.41) is 8.80. The van der Waals surface area contributed by atoms with Crippen molar-refractivity contribution >= 4 is 22.4 Å². The van der Waals surface area contributed by atoms with Crippen LogP contribution in [0.25, 0.3) is 0 Å². The topological polar surface area (TPSA) is 96.4 Å². The Morgan fingerprint density at radius 2 is 2.10 bits per heavy atom. The average molecular weight is 320 g/mol. The monoisotopic (exact) mass is 319 g/mol. The number of likely N-dealkylation sites (N-methyl/N-ethyl adjacent to an activating group) is 1. The molecule has 0 saturated carbocycles. The Kier molecular flexibility index (Phi) is 6.96. The molecule has 0 radical (unpaired) electrons. The minimum absolute atomic E-state index is 0. The summed E-state index contributed by atoms with van der Waals surface area (Å²) in [7, 11) is -0.873. The van der Waals surface area contributed by atoms with Crippen LogP contribution in [0.5, 0.6) is 5.75 Å². The van der Waals surface area contributed by atoms with Gasteiger partial charge in [0.05, 0.1) is 18.7 Å². The van der Waals surface area contributed by atoms with Crippen LogP contribution in [-0.2, 0) is 10.0 Å². The molecule has 0 fully saturated rings. The molecule has 0 saturated heterocycles. The lowest BCUT2D eigenvalue weighted by Gasteiger charge is -2.23. The number of halogens is 1. The van der Waals surface area contributed by atoms with E-state index in [0.717, 1.165) is 0 Å². The number of nitrogens with two attached hydrogens (primary N) is 1. The van der Waals surface area contributed by atoms with Crippen LogP contribution in [0.2, 0.25) is 0 Å². The second-order valence-electron chi connectivity index (χ2n) is 4.08. The van der Waals surface area contributed by atoms with Crippen molar-refractivity contribution in [3.05, 3.63) is 23.8 Å². The lowest BCUT2D eigenvalue weighted by molar-refractivity contribution is 0.380. The third-order valence-corrected chi connectivity index (χ3v) is 4.92. The summed E-state index contributed by atoms with van der Waals surface area (Å²) in [5.41, 5.74) is 5.82. The van der Waals surface area contributed by atoms with Gasteiger partial charge in [-0.15, -0.1) is 12.4 Å². The van der Waals surface area contributed by atoms with Gasteiger partial charge in [0.2, 0.25) is 10.0 Å². The zero-order valence-corrected chi connectivity index (χ0v) is 13.2. The molecule has 0 aliphatic rings. The number of hydrogen-bond donors (Lipinski definition) is 1. The van der Waals surface area contributed by atoms with Gasteiger partial charge in [-0.2, -0.15) is 9.57 Å². The van der Waals surface area contributed by atoms with Crippen molar-refractivity contribution in [2.24, 2.45) is 5.73 Å². The molecule has 0 aliphatic heterocycles. The molecular weight excluding hydrogens is 302 g/mol. The van der Waals surface area contributed by atoms with Crippen molar-refractivity contribution in [2.45, 2.75) is 17.9 Å². The summed E-state index contributed by atoms with van der Waals surface area (Å²) in [4.78, 5) is 0.0248. The first-order chi connectivity index (χ1) is 8.88. The molecule has 6 nitrogen and oxygen atoms in total. The van der Waals surface area contributed by atoms with E-state index in [4.69, 9.17) is 15.7 Å². The molecule has 0 bridgehead atoms. The summed E-state index contributed by atoms with van der Waals surface area (Å²) in [5.74, 6) is 0.148. The molecule has 0 aliphatic carbocycles. The van der Waals surface area contributed by atoms with E-state index >= 15 is 0 Å². The first-order valence-electron chi connectivity index (χ1n) is 5.64. The molecule has 0 amide bonds. The van der Waals surface area contributed by atoms with Crippen molar-refractivity contribution in [1.29, 1.82) is 5.26 Å². The molecule has 1 aromatic rings. The number of nitriles is 1. The minimum atomic E-state index is -3.70. The molecule has 8 heteroatoms. The highest BCUT2D eigenvalue weighted by Gasteiger charge is 2.27. The fourth-order valence-electron chi connectivity index (χ4n) is 1.49. The number of sulfonamides is 1. The Hall–Kier alpha value is -1.33. The second-order valence-corrected chi connectivity index (χ2v) is 6.05. The number of hydrogen-bond acceptors (Lipinski definition) is 5. The predicted octanol–water partition coefficient (Wildman–Crippen LogP) is 0.956. The van der Waals surface area contributed by atoms with Crippen molar-refractivity contribution in [2.75, 3.05) is 20.7 Å². The number of rotatable bonds is 5. The standard InChI is InChI=1S/C12H17N3O3S.ClH/c1-9(7-13)15(2)19(16,17)12-5-4-10(8-14)6-11(12)18-3;/h4-6,9H,7,13H2,1-3H3;1H. The maximum Gasteiger partial charge on any atom is 0.246 e. The smallest absolute Gasteiger partial charge is 0.246 e. The maximum atomic E-state index is 12.4. The summed E-state index contributed by atoms with van der Waals surface area (Å²) in [6, 6.07) is 5.81. The molecule has 1 unspecified atom stereocenters. The summed E-state index contributed by atoms with van der Waals surface area (Å²) in [6.07, 6.45) is 0. The largest absolute Gasteiger partial charge is 0.495 e. The molecule has 1 aromatic carbocycles. The van der Waals surface area contributed by atoms with Gasteiger partial charge in [0, 0.05) is 19.6 Å². The van der Waals surface area contributed by atoms with Crippen LogP contribution >= 0.6 is 12.4 Å². The fourth-order valence-corrected chi connectivity index (χ4v) is 3.00. The van der Waals surface area contributed by atoms with Gasteiger partial charge in [-0.3, -0.25) is 0 Å². The van der Waals surface area contributed by atoms with Crippen LogP contribution in [0.1, 0.15) is 12.5 Å². The molecule has 0 heterocycles. The average Bonchev–Trinajstić information content (AvgIpc) is 2.44. The lowest BCUT2D eigenvalue weighted by atomic mass is 10.2. The highest BCUT2D eigenvalue weighted by molar-refractivity contribution is 7.89.